The molecule has 0 aromatic heterocycles. The lowest BCUT2D eigenvalue weighted by atomic mass is 9.84. The summed E-state index contributed by atoms with van der Waals surface area (Å²) in [6.45, 7) is 6.37. The summed E-state index contributed by atoms with van der Waals surface area (Å²) in [7, 11) is 0. The highest BCUT2D eigenvalue weighted by Crippen LogP contribution is 2.38. The van der Waals surface area contributed by atoms with Crippen molar-refractivity contribution in [2.45, 2.75) is 32.3 Å². The second kappa shape index (κ2) is 9.94. The van der Waals surface area contributed by atoms with Gasteiger partial charge in [0.25, 0.3) is 6.47 Å². The van der Waals surface area contributed by atoms with E-state index in [1.54, 1.807) is 6.92 Å². The van der Waals surface area contributed by atoms with Crippen LogP contribution in [0.2, 0.25) is 0 Å². The molecule has 1 aliphatic heterocycles. The Kier molecular flexibility index (Phi) is 7.63. The monoisotopic (exact) mass is 357 g/mol. The standard InChI is InChI=1S/C18H21NO2.C3H6O2/c1-14-6-8-15(9-7-14)21-17-5-3-2-4-16(17)18(20)10-12-19-13-11-18;1-2-5-3-4/h2-9,19-20H,10-13H2,1H3;3H,2H2,1H3. The molecule has 0 aliphatic carbocycles. The Hall–Kier alpha value is -2.37. The van der Waals surface area contributed by atoms with Crippen LogP contribution in [0.1, 0.15) is 30.9 Å². The number of rotatable bonds is 5. The molecule has 1 saturated heterocycles. The van der Waals surface area contributed by atoms with E-state index in [0.717, 1.165) is 30.2 Å². The Morgan fingerprint density at radius 2 is 1.77 bits per heavy atom. The Labute approximate surface area is 155 Å². The number of hydrogen-bond donors (Lipinski definition) is 2. The fourth-order valence-electron chi connectivity index (χ4n) is 2.85. The van der Waals surface area contributed by atoms with Crippen molar-refractivity contribution >= 4 is 6.47 Å². The van der Waals surface area contributed by atoms with Crippen LogP contribution in [0, 0.1) is 6.92 Å². The SMILES string of the molecule is CCOC=O.Cc1ccc(Oc2ccccc2C2(O)CCNCC2)cc1. The first-order chi connectivity index (χ1) is 12.6. The normalized spacial score (nSPS) is 15.3. The second-order valence-corrected chi connectivity index (χ2v) is 6.24. The molecule has 2 N–H and O–H groups in total. The van der Waals surface area contributed by atoms with E-state index >= 15 is 0 Å². The van der Waals surface area contributed by atoms with E-state index in [2.05, 4.69) is 17.0 Å². The third-order valence-corrected chi connectivity index (χ3v) is 4.30. The van der Waals surface area contributed by atoms with Gasteiger partial charge < -0.3 is 19.9 Å². The molecule has 1 fully saturated rings. The molecule has 0 spiro atoms. The van der Waals surface area contributed by atoms with Crippen LogP contribution >= 0.6 is 0 Å². The van der Waals surface area contributed by atoms with Gasteiger partial charge in [0.1, 0.15) is 11.5 Å². The molecular weight excluding hydrogens is 330 g/mol. The summed E-state index contributed by atoms with van der Waals surface area (Å²) < 4.78 is 10.2. The van der Waals surface area contributed by atoms with Crippen molar-refractivity contribution < 1.29 is 19.4 Å². The molecule has 0 unspecified atom stereocenters. The quantitative estimate of drug-likeness (QED) is 0.801. The van der Waals surface area contributed by atoms with Gasteiger partial charge in [-0.1, -0.05) is 35.9 Å². The number of carbonyl (C=O) groups excluding carboxylic acids is 1. The highest BCUT2D eigenvalue weighted by atomic mass is 16.5. The van der Waals surface area contributed by atoms with E-state index in [1.165, 1.54) is 5.56 Å². The van der Waals surface area contributed by atoms with Gasteiger partial charge in [-0.2, -0.15) is 0 Å². The van der Waals surface area contributed by atoms with Gasteiger partial charge in [0.05, 0.1) is 12.2 Å². The van der Waals surface area contributed by atoms with Crippen LogP contribution < -0.4 is 10.1 Å². The third kappa shape index (κ3) is 5.58. The number of para-hydroxylation sites is 1. The third-order valence-electron chi connectivity index (χ3n) is 4.30. The van der Waals surface area contributed by atoms with E-state index in [1.807, 2.05) is 48.5 Å². The number of aliphatic hydroxyl groups is 1. The number of piperidine rings is 1. The Balaban J connectivity index is 0.000000431. The average Bonchev–Trinajstić information content (AvgIpc) is 2.66. The summed E-state index contributed by atoms with van der Waals surface area (Å²) in [5.74, 6) is 1.54. The number of aryl methyl sites for hydroxylation is 1. The van der Waals surface area contributed by atoms with Crippen LogP contribution in [0.3, 0.4) is 0 Å². The summed E-state index contributed by atoms with van der Waals surface area (Å²) in [5, 5.41) is 14.2. The zero-order valence-corrected chi connectivity index (χ0v) is 15.4. The van der Waals surface area contributed by atoms with Gasteiger partial charge >= 0.3 is 0 Å². The largest absolute Gasteiger partial charge is 0.468 e. The lowest BCUT2D eigenvalue weighted by Gasteiger charge is -2.34. The van der Waals surface area contributed by atoms with Crippen molar-refractivity contribution in [1.82, 2.24) is 5.32 Å². The lowest BCUT2D eigenvalue weighted by molar-refractivity contribution is -0.128. The topological polar surface area (TPSA) is 67.8 Å². The minimum absolute atomic E-state index is 0.431. The van der Waals surface area contributed by atoms with Crippen molar-refractivity contribution in [3.05, 3.63) is 59.7 Å². The van der Waals surface area contributed by atoms with Crippen LogP contribution in [0.5, 0.6) is 11.5 Å². The highest BCUT2D eigenvalue weighted by Gasteiger charge is 2.33. The fourth-order valence-corrected chi connectivity index (χ4v) is 2.85. The number of ether oxygens (including phenoxy) is 2. The van der Waals surface area contributed by atoms with Crippen molar-refractivity contribution in [2.24, 2.45) is 0 Å². The molecule has 5 heteroatoms. The van der Waals surface area contributed by atoms with Gasteiger partial charge in [-0.25, -0.2) is 0 Å². The molecule has 3 rings (SSSR count). The molecule has 1 aliphatic rings. The van der Waals surface area contributed by atoms with E-state index in [0.29, 0.717) is 25.9 Å². The molecule has 0 amide bonds. The van der Waals surface area contributed by atoms with E-state index in [4.69, 9.17) is 4.74 Å². The predicted molar refractivity (Wildman–Crippen MR) is 101 cm³/mol. The maximum atomic E-state index is 10.9. The minimum atomic E-state index is -0.799. The molecule has 0 atom stereocenters. The van der Waals surface area contributed by atoms with E-state index in [-0.39, 0.29) is 0 Å². The molecule has 0 bridgehead atoms. The molecule has 0 radical (unpaired) electrons. The Morgan fingerprint density at radius 3 is 2.35 bits per heavy atom. The minimum Gasteiger partial charge on any atom is -0.468 e. The summed E-state index contributed by atoms with van der Waals surface area (Å²) in [4.78, 5) is 9.18. The number of hydrogen-bond acceptors (Lipinski definition) is 5. The molecular formula is C21H27NO4. The van der Waals surface area contributed by atoms with Crippen LogP contribution in [-0.2, 0) is 15.1 Å². The zero-order chi connectivity index (χ0) is 18.8. The summed E-state index contributed by atoms with van der Waals surface area (Å²) in [6, 6.07) is 15.8. The smallest absolute Gasteiger partial charge is 0.293 e. The highest BCUT2D eigenvalue weighted by molar-refractivity contribution is 5.42. The fraction of sp³-hybridized carbons (Fsp3) is 0.381. The molecule has 26 heavy (non-hydrogen) atoms. The zero-order valence-electron chi connectivity index (χ0n) is 15.4. The molecule has 0 saturated carbocycles. The van der Waals surface area contributed by atoms with Crippen molar-refractivity contribution in [3.8, 4) is 11.5 Å². The Morgan fingerprint density at radius 1 is 1.12 bits per heavy atom. The van der Waals surface area contributed by atoms with Crippen LogP contribution in [-0.4, -0.2) is 31.3 Å². The van der Waals surface area contributed by atoms with Gasteiger partial charge in [0.2, 0.25) is 0 Å². The predicted octanol–water partition coefficient (Wildman–Crippen LogP) is 3.54. The molecule has 5 nitrogen and oxygen atoms in total. The van der Waals surface area contributed by atoms with Crippen LogP contribution in [0.4, 0.5) is 0 Å². The number of carbonyl (C=O) groups is 1. The van der Waals surface area contributed by atoms with Crippen LogP contribution in [0.15, 0.2) is 48.5 Å². The second-order valence-electron chi connectivity index (χ2n) is 6.24. The van der Waals surface area contributed by atoms with Crippen molar-refractivity contribution in [3.63, 3.8) is 0 Å². The first kappa shape index (κ1) is 19.9. The molecule has 2 aromatic carbocycles. The Bertz CT molecular complexity index is 679. The van der Waals surface area contributed by atoms with Gasteiger partial charge in [-0.15, -0.1) is 0 Å². The molecule has 140 valence electrons. The van der Waals surface area contributed by atoms with Crippen molar-refractivity contribution in [2.75, 3.05) is 19.7 Å². The summed E-state index contributed by atoms with van der Waals surface area (Å²) in [6.07, 6.45) is 1.42. The number of nitrogens with one attached hydrogen (secondary N) is 1. The van der Waals surface area contributed by atoms with Gasteiger partial charge in [0, 0.05) is 5.56 Å². The first-order valence-corrected chi connectivity index (χ1v) is 8.91. The lowest BCUT2D eigenvalue weighted by Crippen LogP contribution is -2.39. The maximum absolute atomic E-state index is 10.9. The maximum Gasteiger partial charge on any atom is 0.293 e. The van der Waals surface area contributed by atoms with E-state index in [9.17, 15) is 9.90 Å². The van der Waals surface area contributed by atoms with Gasteiger partial charge in [-0.05, 0) is 58.0 Å². The van der Waals surface area contributed by atoms with Crippen LogP contribution in [0.25, 0.3) is 0 Å². The number of benzene rings is 2. The molecule has 2 aromatic rings. The summed E-state index contributed by atoms with van der Waals surface area (Å²) >= 11 is 0. The van der Waals surface area contributed by atoms with Gasteiger partial charge in [-0.3, -0.25) is 4.79 Å². The van der Waals surface area contributed by atoms with Crippen molar-refractivity contribution in [1.29, 1.82) is 0 Å². The average molecular weight is 357 g/mol. The molecule has 1 heterocycles. The van der Waals surface area contributed by atoms with E-state index < -0.39 is 5.60 Å². The summed E-state index contributed by atoms with van der Waals surface area (Å²) in [5.41, 5.74) is 1.28. The first-order valence-electron chi connectivity index (χ1n) is 8.91. The van der Waals surface area contributed by atoms with Gasteiger partial charge in [0.15, 0.2) is 0 Å².